The van der Waals surface area contributed by atoms with Crippen molar-refractivity contribution in [2.24, 2.45) is 0 Å². The van der Waals surface area contributed by atoms with Gasteiger partial charge in [-0.25, -0.2) is 0 Å². The van der Waals surface area contributed by atoms with Crippen LogP contribution < -0.4 is 0 Å². The smallest absolute Gasteiger partial charge is 0.121 e. The monoisotopic (exact) mass is 221 g/mol. The van der Waals surface area contributed by atoms with Crippen LogP contribution in [0.3, 0.4) is 0 Å². The summed E-state index contributed by atoms with van der Waals surface area (Å²) in [5, 5.41) is 0. The van der Waals surface area contributed by atoms with E-state index >= 15 is 0 Å². The van der Waals surface area contributed by atoms with Crippen LogP contribution in [-0.2, 0) is 10.9 Å². The van der Waals surface area contributed by atoms with Crippen molar-refractivity contribution < 1.29 is 0 Å². The maximum Gasteiger partial charge on any atom is 0.121 e. The second kappa shape index (κ2) is 8.32. The van der Waals surface area contributed by atoms with E-state index in [-0.39, 0.29) is 0 Å². The van der Waals surface area contributed by atoms with Gasteiger partial charge in [0.25, 0.3) is 0 Å². The van der Waals surface area contributed by atoms with Gasteiger partial charge in [0.2, 0.25) is 0 Å². The van der Waals surface area contributed by atoms with E-state index in [1.165, 1.54) is 0 Å². The normalized spacial score (nSPS) is 10.8. The highest BCUT2D eigenvalue weighted by Crippen LogP contribution is 2.00. The van der Waals surface area contributed by atoms with E-state index < -0.39 is 0 Å². The maximum absolute atomic E-state index is 5.59. The van der Waals surface area contributed by atoms with Gasteiger partial charge in [0.1, 0.15) is 17.3 Å². The van der Waals surface area contributed by atoms with Crippen LogP contribution in [0.1, 0.15) is 0 Å². The first-order chi connectivity index (χ1) is 4.85. The summed E-state index contributed by atoms with van der Waals surface area (Å²) >= 11 is 16.8. The average molecular weight is 223 g/mol. The third-order valence-corrected chi connectivity index (χ3v) is 4.68. The largest absolute Gasteiger partial charge is 0.122 e. The molecule has 0 aliphatic heterocycles. The summed E-state index contributed by atoms with van der Waals surface area (Å²) in [5.41, 5.74) is 0. The van der Waals surface area contributed by atoms with Gasteiger partial charge in [0, 0.05) is 0 Å². The average Bonchev–Trinajstić information content (AvgIpc) is 1.90. The first-order valence-electron chi connectivity index (χ1n) is 3.17. The lowest BCUT2D eigenvalue weighted by atomic mass is 10.9. The lowest BCUT2D eigenvalue weighted by Gasteiger charge is -2.02. The fourth-order valence-electron chi connectivity index (χ4n) is 0.634. The molecule has 0 aliphatic carbocycles. The van der Waals surface area contributed by atoms with Crippen LogP contribution in [0.5, 0.6) is 0 Å². The number of alkyl halides is 3. The molecule has 0 radical (unpaired) electrons. The van der Waals surface area contributed by atoms with E-state index in [0.717, 1.165) is 34.9 Å². The molecule has 0 fully saturated rings. The van der Waals surface area contributed by atoms with Gasteiger partial charge in [0.15, 0.2) is 0 Å². The number of halogens is 3. The van der Waals surface area contributed by atoms with Crippen molar-refractivity contribution >= 4 is 45.7 Å². The maximum atomic E-state index is 5.59. The van der Waals surface area contributed by atoms with E-state index in [1.807, 2.05) is 0 Å². The quantitative estimate of drug-likeness (QED) is 0.478. The Morgan fingerprint density at radius 2 is 1.00 bits per heavy atom. The molecule has 4 heteroatoms. The van der Waals surface area contributed by atoms with Crippen LogP contribution in [-0.4, -0.2) is 34.9 Å². The van der Waals surface area contributed by atoms with Gasteiger partial charge in [-0.3, -0.25) is 0 Å². The molecular formula is C6H12Cl3S+. The summed E-state index contributed by atoms with van der Waals surface area (Å²) < 4.78 is 0. The zero-order valence-electron chi connectivity index (χ0n) is 5.78. The predicted molar refractivity (Wildman–Crippen MR) is 54.1 cm³/mol. The highest BCUT2D eigenvalue weighted by molar-refractivity contribution is 7.97. The molecule has 0 aromatic heterocycles. The second-order valence-corrected chi connectivity index (χ2v) is 5.38. The van der Waals surface area contributed by atoms with Gasteiger partial charge >= 0.3 is 0 Å². The molecule has 0 aliphatic rings. The van der Waals surface area contributed by atoms with Crippen molar-refractivity contribution in [1.82, 2.24) is 0 Å². The van der Waals surface area contributed by atoms with Crippen LogP contribution in [0.15, 0.2) is 0 Å². The van der Waals surface area contributed by atoms with Crippen molar-refractivity contribution in [1.29, 1.82) is 0 Å². The van der Waals surface area contributed by atoms with Crippen LogP contribution in [0.4, 0.5) is 0 Å². The molecule has 10 heavy (non-hydrogen) atoms. The Morgan fingerprint density at radius 1 is 0.700 bits per heavy atom. The molecule has 62 valence electrons. The zero-order chi connectivity index (χ0) is 7.82. The Balaban J connectivity index is 3.30. The van der Waals surface area contributed by atoms with E-state index in [2.05, 4.69) is 0 Å². The number of hydrogen-bond acceptors (Lipinski definition) is 0. The van der Waals surface area contributed by atoms with Gasteiger partial charge in [0.05, 0.1) is 17.6 Å². The highest BCUT2D eigenvalue weighted by Gasteiger charge is 2.14. The fourth-order valence-corrected chi connectivity index (χ4v) is 3.86. The van der Waals surface area contributed by atoms with Gasteiger partial charge in [-0.05, 0) is 10.9 Å². The first-order valence-corrected chi connectivity index (χ1v) is 6.50. The summed E-state index contributed by atoms with van der Waals surface area (Å²) in [6.45, 7) is 0. The molecule has 0 unspecified atom stereocenters. The molecule has 0 saturated heterocycles. The summed E-state index contributed by atoms with van der Waals surface area (Å²) in [6, 6.07) is 0. The lowest BCUT2D eigenvalue weighted by molar-refractivity contribution is 1.38. The van der Waals surface area contributed by atoms with Crippen LogP contribution in [0, 0.1) is 0 Å². The Morgan fingerprint density at radius 3 is 1.20 bits per heavy atom. The molecule has 0 aromatic carbocycles. The molecule has 0 saturated carbocycles. The van der Waals surface area contributed by atoms with Crippen molar-refractivity contribution in [3.8, 4) is 0 Å². The summed E-state index contributed by atoms with van der Waals surface area (Å²) in [6.07, 6.45) is 0. The molecule has 0 N–H and O–H groups in total. The number of hydrogen-bond donors (Lipinski definition) is 0. The molecule has 0 heterocycles. The topological polar surface area (TPSA) is 0 Å². The minimum Gasteiger partial charge on any atom is -0.122 e. The van der Waals surface area contributed by atoms with Crippen LogP contribution >= 0.6 is 34.8 Å². The van der Waals surface area contributed by atoms with Crippen molar-refractivity contribution in [3.05, 3.63) is 0 Å². The van der Waals surface area contributed by atoms with E-state index in [1.54, 1.807) is 0 Å². The minimum absolute atomic E-state index is 0.380. The fraction of sp³-hybridized carbons (Fsp3) is 1.00. The SMILES string of the molecule is ClCC[S+](CCCl)CCCl. The summed E-state index contributed by atoms with van der Waals surface area (Å²) in [5.74, 6) is 5.41. The van der Waals surface area contributed by atoms with Gasteiger partial charge < -0.3 is 0 Å². The van der Waals surface area contributed by atoms with Crippen molar-refractivity contribution in [3.63, 3.8) is 0 Å². The molecule has 0 amide bonds. The zero-order valence-corrected chi connectivity index (χ0v) is 8.87. The Hall–Kier alpha value is 1.22. The molecular weight excluding hydrogens is 210 g/mol. The molecule has 0 bridgehead atoms. The van der Waals surface area contributed by atoms with Crippen molar-refractivity contribution in [2.75, 3.05) is 34.9 Å². The Labute approximate surface area is 80.6 Å². The second-order valence-electron chi connectivity index (χ2n) is 1.79. The van der Waals surface area contributed by atoms with Gasteiger partial charge in [-0.15, -0.1) is 34.8 Å². The van der Waals surface area contributed by atoms with E-state index in [4.69, 9.17) is 34.8 Å². The lowest BCUT2D eigenvalue weighted by Crippen LogP contribution is -2.19. The highest BCUT2D eigenvalue weighted by atomic mass is 35.5. The van der Waals surface area contributed by atoms with E-state index in [9.17, 15) is 0 Å². The summed E-state index contributed by atoms with van der Waals surface area (Å²) in [7, 11) is 0.380. The molecule has 0 rings (SSSR count). The third kappa shape index (κ3) is 5.96. The molecule has 0 atom stereocenters. The van der Waals surface area contributed by atoms with Gasteiger partial charge in [-0.2, -0.15) is 0 Å². The summed E-state index contributed by atoms with van der Waals surface area (Å²) in [4.78, 5) is 0. The third-order valence-electron chi connectivity index (χ3n) is 1.10. The number of rotatable bonds is 6. The predicted octanol–water partition coefficient (Wildman–Crippen LogP) is 2.32. The van der Waals surface area contributed by atoms with Crippen LogP contribution in [0.25, 0.3) is 0 Å². The standard InChI is InChI=1S/C6H12Cl3S/c7-1-4-10(5-2-8)6-3-9/h1-6H2/q+1. The minimum atomic E-state index is 0.380. The van der Waals surface area contributed by atoms with Crippen molar-refractivity contribution in [2.45, 2.75) is 0 Å². The molecule has 0 aromatic rings. The molecule has 0 nitrogen and oxygen atoms in total. The first kappa shape index (κ1) is 11.2. The Kier molecular flexibility index (Phi) is 9.33. The van der Waals surface area contributed by atoms with Gasteiger partial charge in [-0.1, -0.05) is 0 Å². The van der Waals surface area contributed by atoms with E-state index in [0.29, 0.717) is 10.9 Å². The van der Waals surface area contributed by atoms with Crippen LogP contribution in [0.2, 0.25) is 0 Å². The molecule has 0 spiro atoms. The Bertz CT molecular complexity index is 55.7.